The van der Waals surface area contributed by atoms with Crippen molar-refractivity contribution < 1.29 is 24.5 Å². The third-order valence-corrected chi connectivity index (χ3v) is 14.1. The van der Waals surface area contributed by atoms with E-state index in [4.69, 9.17) is 4.74 Å². The molecule has 2 unspecified atom stereocenters. The van der Waals surface area contributed by atoms with Crippen LogP contribution in [-0.4, -0.2) is 47.4 Å². The standard InChI is InChI=1S/C64H119NO5/c1-3-5-7-9-11-13-15-17-19-20-27-30-34-38-42-46-50-54-58-64(69)70-59-55-51-47-43-39-35-31-28-25-23-21-22-24-26-29-33-37-41-45-49-53-57-63(68)65-61(60-66)62(67)56-52-48-44-40-36-32-18-16-14-12-10-8-6-4-2/h19-20,35,39,47,51-52,56,61-62,66-67H,3-18,21-34,36-38,40-46,48-50,53-55,57-60H2,1-2H3,(H,65,68)/b20-19-,39-35-,51-47-,56-52+. The molecule has 3 N–H and O–H groups in total. The second-order valence-corrected chi connectivity index (χ2v) is 21.0. The van der Waals surface area contributed by atoms with Crippen LogP contribution in [0.4, 0.5) is 0 Å². The van der Waals surface area contributed by atoms with Crippen molar-refractivity contribution >= 4 is 11.9 Å². The van der Waals surface area contributed by atoms with Gasteiger partial charge in [-0.1, -0.05) is 281 Å². The average Bonchev–Trinajstić information content (AvgIpc) is 3.36. The van der Waals surface area contributed by atoms with Crippen molar-refractivity contribution in [1.29, 1.82) is 0 Å². The Bertz CT molecular complexity index is 1180. The molecule has 0 aromatic carbocycles. The van der Waals surface area contributed by atoms with Gasteiger partial charge in [-0.15, -0.1) is 0 Å². The number of ether oxygens (including phenoxy) is 1. The summed E-state index contributed by atoms with van der Waals surface area (Å²) in [5.41, 5.74) is 0. The van der Waals surface area contributed by atoms with E-state index in [9.17, 15) is 19.8 Å². The van der Waals surface area contributed by atoms with Crippen molar-refractivity contribution in [2.45, 2.75) is 334 Å². The van der Waals surface area contributed by atoms with Crippen LogP contribution in [0.1, 0.15) is 322 Å². The summed E-state index contributed by atoms with van der Waals surface area (Å²) in [6.45, 7) is 4.80. The number of rotatable bonds is 57. The van der Waals surface area contributed by atoms with Gasteiger partial charge in [0.1, 0.15) is 0 Å². The molecule has 0 aliphatic heterocycles. The summed E-state index contributed by atoms with van der Waals surface area (Å²) in [7, 11) is 0. The minimum Gasteiger partial charge on any atom is -0.465 e. The quantitative estimate of drug-likeness (QED) is 0.0321. The molecule has 0 aliphatic carbocycles. The maximum atomic E-state index is 12.5. The highest BCUT2D eigenvalue weighted by molar-refractivity contribution is 5.76. The number of aliphatic hydroxyl groups is 2. The Labute approximate surface area is 436 Å². The molecule has 0 fully saturated rings. The maximum Gasteiger partial charge on any atom is 0.305 e. The Hall–Kier alpha value is -2.18. The largest absolute Gasteiger partial charge is 0.465 e. The van der Waals surface area contributed by atoms with Crippen molar-refractivity contribution in [3.05, 3.63) is 48.6 Å². The first-order chi connectivity index (χ1) is 34.5. The molecule has 0 saturated heterocycles. The van der Waals surface area contributed by atoms with E-state index in [0.29, 0.717) is 19.4 Å². The van der Waals surface area contributed by atoms with Gasteiger partial charge in [0.25, 0.3) is 0 Å². The van der Waals surface area contributed by atoms with Gasteiger partial charge < -0.3 is 20.3 Å². The molecule has 0 aromatic heterocycles. The lowest BCUT2D eigenvalue weighted by Crippen LogP contribution is -2.45. The molecule has 0 bridgehead atoms. The fraction of sp³-hybridized carbons (Fsp3) is 0.844. The van der Waals surface area contributed by atoms with Crippen molar-refractivity contribution in [2.24, 2.45) is 0 Å². The first kappa shape index (κ1) is 67.8. The van der Waals surface area contributed by atoms with E-state index in [1.54, 1.807) is 6.08 Å². The van der Waals surface area contributed by atoms with Crippen LogP contribution in [0.5, 0.6) is 0 Å². The molecule has 0 rings (SSSR count). The van der Waals surface area contributed by atoms with Gasteiger partial charge in [0.2, 0.25) is 5.91 Å². The van der Waals surface area contributed by atoms with E-state index < -0.39 is 12.1 Å². The molecule has 70 heavy (non-hydrogen) atoms. The van der Waals surface area contributed by atoms with Gasteiger partial charge in [-0.05, 0) is 77.0 Å². The number of amides is 1. The van der Waals surface area contributed by atoms with E-state index >= 15 is 0 Å². The van der Waals surface area contributed by atoms with Crippen LogP contribution in [0.2, 0.25) is 0 Å². The molecule has 0 radical (unpaired) electrons. The summed E-state index contributed by atoms with van der Waals surface area (Å²) in [4.78, 5) is 24.5. The van der Waals surface area contributed by atoms with Gasteiger partial charge in [-0.3, -0.25) is 9.59 Å². The summed E-state index contributed by atoms with van der Waals surface area (Å²) in [5, 5.41) is 23.1. The topological polar surface area (TPSA) is 95.9 Å². The molecule has 0 spiro atoms. The fourth-order valence-electron chi connectivity index (χ4n) is 9.35. The van der Waals surface area contributed by atoms with Gasteiger partial charge in [0.15, 0.2) is 0 Å². The van der Waals surface area contributed by atoms with E-state index in [1.807, 2.05) is 6.08 Å². The molecule has 0 aliphatic rings. The maximum absolute atomic E-state index is 12.5. The highest BCUT2D eigenvalue weighted by atomic mass is 16.5. The molecular weight excluding hydrogens is 863 g/mol. The van der Waals surface area contributed by atoms with Crippen molar-refractivity contribution in [2.75, 3.05) is 13.2 Å². The smallest absolute Gasteiger partial charge is 0.305 e. The monoisotopic (exact) mass is 982 g/mol. The number of nitrogens with one attached hydrogen (secondary N) is 1. The zero-order chi connectivity index (χ0) is 50.7. The minimum absolute atomic E-state index is 0.0390. The molecule has 0 heterocycles. The zero-order valence-electron chi connectivity index (χ0n) is 46.7. The van der Waals surface area contributed by atoms with Crippen LogP contribution in [-0.2, 0) is 14.3 Å². The molecule has 0 aromatic rings. The lowest BCUT2D eigenvalue weighted by atomic mass is 10.0. The van der Waals surface area contributed by atoms with Crippen molar-refractivity contribution in [1.82, 2.24) is 5.32 Å². The summed E-state index contributed by atoms with van der Waals surface area (Å²) in [5.74, 6) is -0.112. The Morgan fingerprint density at radius 3 is 1.10 bits per heavy atom. The summed E-state index contributed by atoms with van der Waals surface area (Å²) in [6, 6.07) is -0.632. The van der Waals surface area contributed by atoms with Crippen molar-refractivity contribution in [3.63, 3.8) is 0 Å². The van der Waals surface area contributed by atoms with Crippen LogP contribution in [0.3, 0.4) is 0 Å². The Balaban J connectivity index is 3.47. The van der Waals surface area contributed by atoms with E-state index in [0.717, 1.165) is 51.4 Å². The van der Waals surface area contributed by atoms with Gasteiger partial charge in [-0.25, -0.2) is 0 Å². The average molecular weight is 983 g/mol. The second-order valence-electron chi connectivity index (χ2n) is 21.0. The molecule has 0 saturated carbocycles. The first-order valence-electron chi connectivity index (χ1n) is 30.9. The molecular formula is C64H119NO5. The van der Waals surface area contributed by atoms with Crippen LogP contribution in [0.15, 0.2) is 48.6 Å². The number of hydrogen-bond acceptors (Lipinski definition) is 5. The molecule has 1 amide bonds. The predicted octanol–water partition coefficient (Wildman–Crippen LogP) is 19.4. The molecule has 2 atom stereocenters. The van der Waals surface area contributed by atoms with E-state index in [2.05, 4.69) is 55.6 Å². The van der Waals surface area contributed by atoms with Gasteiger partial charge in [0, 0.05) is 12.8 Å². The highest BCUT2D eigenvalue weighted by Crippen LogP contribution is 2.17. The number of carbonyl (C=O) groups is 2. The number of carbonyl (C=O) groups excluding carboxylic acids is 2. The molecule has 410 valence electrons. The van der Waals surface area contributed by atoms with Crippen molar-refractivity contribution in [3.8, 4) is 0 Å². The zero-order valence-corrected chi connectivity index (χ0v) is 46.7. The highest BCUT2D eigenvalue weighted by Gasteiger charge is 2.18. The normalized spacial score (nSPS) is 12.9. The van der Waals surface area contributed by atoms with Gasteiger partial charge >= 0.3 is 5.97 Å². The third-order valence-electron chi connectivity index (χ3n) is 14.1. The Morgan fingerprint density at radius 2 is 0.714 bits per heavy atom. The predicted molar refractivity (Wildman–Crippen MR) is 306 cm³/mol. The number of aliphatic hydroxyl groups excluding tert-OH is 2. The lowest BCUT2D eigenvalue weighted by molar-refractivity contribution is -0.143. The second kappa shape index (κ2) is 59.4. The third kappa shape index (κ3) is 55.1. The van der Waals surface area contributed by atoms with E-state index in [-0.39, 0.29) is 18.5 Å². The number of unbranched alkanes of at least 4 members (excludes halogenated alkanes) is 40. The fourth-order valence-corrected chi connectivity index (χ4v) is 9.35. The number of hydrogen-bond donors (Lipinski definition) is 3. The van der Waals surface area contributed by atoms with Crippen LogP contribution in [0, 0.1) is 0 Å². The Morgan fingerprint density at radius 1 is 0.400 bits per heavy atom. The van der Waals surface area contributed by atoms with Gasteiger partial charge in [0.05, 0.1) is 25.4 Å². The molecule has 6 nitrogen and oxygen atoms in total. The lowest BCUT2D eigenvalue weighted by Gasteiger charge is -2.20. The Kier molecular flexibility index (Phi) is 57.5. The summed E-state index contributed by atoms with van der Waals surface area (Å²) >= 11 is 0. The first-order valence-corrected chi connectivity index (χ1v) is 30.9. The van der Waals surface area contributed by atoms with E-state index in [1.165, 1.54) is 244 Å². The van der Waals surface area contributed by atoms with Crippen LogP contribution < -0.4 is 5.32 Å². The summed E-state index contributed by atoms with van der Waals surface area (Å²) in [6.07, 6.45) is 75.9. The van der Waals surface area contributed by atoms with Crippen LogP contribution >= 0.6 is 0 Å². The van der Waals surface area contributed by atoms with Crippen LogP contribution in [0.25, 0.3) is 0 Å². The number of allylic oxidation sites excluding steroid dienone is 6. The van der Waals surface area contributed by atoms with Gasteiger partial charge in [-0.2, -0.15) is 0 Å². The SMILES string of the molecule is CCCCCCCCC/C=C\CCCCCCCCCC(=O)OCC/C=C\C/C=C\CCCCCCCCCCCCCCCCC(=O)NC(CO)C(O)/C=C/CCCCCCCCCCCCCC. The number of esters is 1. The molecule has 6 heteroatoms. The minimum atomic E-state index is -0.848. The summed E-state index contributed by atoms with van der Waals surface area (Å²) < 4.78 is 5.43.